The molecule has 25 heavy (non-hydrogen) atoms. The number of likely N-dealkylation sites (tertiary alicyclic amines) is 1. The molecule has 7 heteroatoms. The standard InChI is InChI=1S/C18H29N5O2/c1-13-10-14(2)23(21-13)11-15-6-5-9-22(15)12-17(24)20-16-7-3-4-8-19-18(16)25/h10,15-16H,3-9,11-12H2,1-2H3,(H,19,25)(H,20,24). The van der Waals surface area contributed by atoms with Crippen molar-refractivity contribution in [1.82, 2.24) is 25.3 Å². The van der Waals surface area contributed by atoms with E-state index in [-0.39, 0.29) is 17.9 Å². The number of aromatic nitrogens is 2. The molecule has 0 aromatic carbocycles. The zero-order chi connectivity index (χ0) is 17.8. The molecule has 2 unspecified atom stereocenters. The molecule has 7 nitrogen and oxygen atoms in total. The van der Waals surface area contributed by atoms with E-state index in [1.54, 1.807) is 0 Å². The Morgan fingerprint density at radius 3 is 2.92 bits per heavy atom. The highest BCUT2D eigenvalue weighted by Gasteiger charge is 2.29. The van der Waals surface area contributed by atoms with Crippen molar-refractivity contribution in [2.24, 2.45) is 0 Å². The van der Waals surface area contributed by atoms with Crippen LogP contribution in [0.2, 0.25) is 0 Å². The minimum absolute atomic E-state index is 0.0496. The van der Waals surface area contributed by atoms with Gasteiger partial charge in [-0.3, -0.25) is 19.2 Å². The van der Waals surface area contributed by atoms with Gasteiger partial charge in [-0.2, -0.15) is 5.10 Å². The van der Waals surface area contributed by atoms with E-state index in [0.717, 1.165) is 56.6 Å². The van der Waals surface area contributed by atoms with Crippen molar-refractivity contribution < 1.29 is 9.59 Å². The van der Waals surface area contributed by atoms with Gasteiger partial charge in [0.15, 0.2) is 0 Å². The Labute approximate surface area is 149 Å². The maximum Gasteiger partial charge on any atom is 0.242 e. The number of hydrogen-bond donors (Lipinski definition) is 2. The summed E-state index contributed by atoms with van der Waals surface area (Å²) in [7, 11) is 0. The van der Waals surface area contributed by atoms with Gasteiger partial charge in [0.2, 0.25) is 11.8 Å². The van der Waals surface area contributed by atoms with Gasteiger partial charge in [0, 0.05) is 18.3 Å². The lowest BCUT2D eigenvalue weighted by atomic mass is 10.1. The van der Waals surface area contributed by atoms with Crippen molar-refractivity contribution in [3.8, 4) is 0 Å². The average molecular weight is 347 g/mol. The zero-order valence-corrected chi connectivity index (χ0v) is 15.3. The van der Waals surface area contributed by atoms with Crippen LogP contribution < -0.4 is 10.6 Å². The van der Waals surface area contributed by atoms with Crippen LogP contribution in [-0.2, 0) is 16.1 Å². The van der Waals surface area contributed by atoms with E-state index in [1.165, 1.54) is 0 Å². The van der Waals surface area contributed by atoms with E-state index < -0.39 is 0 Å². The molecule has 0 aliphatic carbocycles. The fraction of sp³-hybridized carbons (Fsp3) is 0.722. The molecular weight excluding hydrogens is 318 g/mol. The molecule has 2 fully saturated rings. The molecule has 2 N–H and O–H groups in total. The van der Waals surface area contributed by atoms with Crippen LogP contribution in [0.5, 0.6) is 0 Å². The molecule has 0 radical (unpaired) electrons. The second-order valence-electron chi connectivity index (χ2n) is 7.28. The van der Waals surface area contributed by atoms with Gasteiger partial charge in [-0.15, -0.1) is 0 Å². The molecule has 2 aliphatic heterocycles. The van der Waals surface area contributed by atoms with Crippen molar-refractivity contribution in [3.63, 3.8) is 0 Å². The van der Waals surface area contributed by atoms with Crippen LogP contribution in [0, 0.1) is 13.8 Å². The Balaban J connectivity index is 1.54. The van der Waals surface area contributed by atoms with Crippen LogP contribution in [0.4, 0.5) is 0 Å². The zero-order valence-electron chi connectivity index (χ0n) is 15.3. The molecule has 2 atom stereocenters. The predicted octanol–water partition coefficient (Wildman–Crippen LogP) is 0.749. The number of aryl methyl sites for hydroxylation is 2. The fourth-order valence-electron chi connectivity index (χ4n) is 3.87. The summed E-state index contributed by atoms with van der Waals surface area (Å²) in [6.07, 6.45) is 4.85. The van der Waals surface area contributed by atoms with Crippen LogP contribution in [0.25, 0.3) is 0 Å². The van der Waals surface area contributed by atoms with Crippen LogP contribution in [0.15, 0.2) is 6.07 Å². The van der Waals surface area contributed by atoms with Gasteiger partial charge < -0.3 is 10.6 Å². The quantitative estimate of drug-likeness (QED) is 0.824. The highest BCUT2D eigenvalue weighted by Crippen LogP contribution is 2.19. The van der Waals surface area contributed by atoms with Crippen molar-refractivity contribution in [2.45, 2.75) is 64.6 Å². The van der Waals surface area contributed by atoms with E-state index in [1.807, 2.05) is 11.6 Å². The lowest BCUT2D eigenvalue weighted by Gasteiger charge is -2.25. The Bertz CT molecular complexity index is 627. The largest absolute Gasteiger partial charge is 0.354 e. The van der Waals surface area contributed by atoms with Gasteiger partial charge in [-0.25, -0.2) is 0 Å². The number of carbonyl (C=O) groups is 2. The molecule has 0 bridgehead atoms. The van der Waals surface area contributed by atoms with E-state index >= 15 is 0 Å². The summed E-state index contributed by atoms with van der Waals surface area (Å²) < 4.78 is 2.04. The van der Waals surface area contributed by atoms with Gasteiger partial charge in [0.05, 0.1) is 18.8 Å². The Morgan fingerprint density at radius 2 is 2.16 bits per heavy atom. The minimum atomic E-state index is -0.382. The van der Waals surface area contributed by atoms with Gasteiger partial charge >= 0.3 is 0 Å². The van der Waals surface area contributed by atoms with E-state index in [9.17, 15) is 9.59 Å². The van der Waals surface area contributed by atoms with Gasteiger partial charge in [0.25, 0.3) is 0 Å². The van der Waals surface area contributed by atoms with Gasteiger partial charge in [0.1, 0.15) is 6.04 Å². The van der Waals surface area contributed by atoms with E-state index in [2.05, 4.69) is 33.6 Å². The molecule has 2 amide bonds. The Kier molecular flexibility index (Phi) is 5.73. The molecule has 1 aromatic heterocycles. The Morgan fingerprint density at radius 1 is 1.32 bits per heavy atom. The highest BCUT2D eigenvalue weighted by atomic mass is 16.2. The molecule has 2 saturated heterocycles. The molecule has 2 aliphatic rings. The number of nitrogens with one attached hydrogen (secondary N) is 2. The molecule has 3 rings (SSSR count). The van der Waals surface area contributed by atoms with Crippen molar-refractivity contribution >= 4 is 11.8 Å². The third kappa shape index (κ3) is 4.60. The summed E-state index contributed by atoms with van der Waals surface area (Å²) in [5, 5.41) is 10.3. The van der Waals surface area contributed by atoms with Gasteiger partial charge in [-0.1, -0.05) is 0 Å². The SMILES string of the molecule is Cc1cc(C)n(CC2CCCN2CC(=O)NC2CCCCNC2=O)n1. The van der Waals surface area contributed by atoms with Crippen LogP contribution in [-0.4, -0.2) is 58.2 Å². The summed E-state index contributed by atoms with van der Waals surface area (Å²) in [6.45, 7) is 6.87. The number of amides is 2. The molecule has 138 valence electrons. The lowest BCUT2D eigenvalue weighted by molar-refractivity contribution is -0.129. The molecule has 0 saturated carbocycles. The number of rotatable bonds is 5. The van der Waals surface area contributed by atoms with Crippen molar-refractivity contribution in [3.05, 3.63) is 17.5 Å². The molecule has 0 spiro atoms. The van der Waals surface area contributed by atoms with Crippen LogP contribution >= 0.6 is 0 Å². The topological polar surface area (TPSA) is 79.3 Å². The van der Waals surface area contributed by atoms with Crippen molar-refractivity contribution in [2.75, 3.05) is 19.6 Å². The van der Waals surface area contributed by atoms with Crippen molar-refractivity contribution in [1.29, 1.82) is 0 Å². The number of hydrogen-bond acceptors (Lipinski definition) is 4. The van der Waals surface area contributed by atoms with Crippen LogP contribution in [0.3, 0.4) is 0 Å². The normalized spacial score (nSPS) is 24.8. The smallest absolute Gasteiger partial charge is 0.242 e. The minimum Gasteiger partial charge on any atom is -0.354 e. The maximum atomic E-state index is 12.4. The summed E-state index contributed by atoms with van der Waals surface area (Å²) in [6, 6.07) is 2.02. The second kappa shape index (κ2) is 7.99. The fourth-order valence-corrected chi connectivity index (χ4v) is 3.87. The molecular formula is C18H29N5O2. The predicted molar refractivity (Wildman–Crippen MR) is 95.1 cm³/mol. The first-order valence-corrected chi connectivity index (χ1v) is 9.35. The Hall–Kier alpha value is -1.89. The molecule has 3 heterocycles. The number of carbonyl (C=O) groups excluding carboxylic acids is 2. The first kappa shape index (κ1) is 17.9. The monoisotopic (exact) mass is 347 g/mol. The maximum absolute atomic E-state index is 12.4. The van der Waals surface area contributed by atoms with Crippen LogP contribution in [0.1, 0.15) is 43.5 Å². The summed E-state index contributed by atoms with van der Waals surface area (Å²) in [4.78, 5) is 26.6. The summed E-state index contributed by atoms with van der Waals surface area (Å²) >= 11 is 0. The van der Waals surface area contributed by atoms with Gasteiger partial charge in [-0.05, 0) is 58.6 Å². The van der Waals surface area contributed by atoms with E-state index in [4.69, 9.17) is 0 Å². The van der Waals surface area contributed by atoms with E-state index in [0.29, 0.717) is 19.1 Å². The number of nitrogens with zero attached hydrogens (tertiary/aromatic N) is 3. The summed E-state index contributed by atoms with van der Waals surface area (Å²) in [5.41, 5.74) is 2.18. The highest BCUT2D eigenvalue weighted by molar-refractivity contribution is 5.88. The summed E-state index contributed by atoms with van der Waals surface area (Å²) in [5.74, 6) is -0.103. The third-order valence-electron chi connectivity index (χ3n) is 5.20. The lowest BCUT2D eigenvalue weighted by Crippen LogP contribution is -2.49. The average Bonchev–Trinajstić information content (AvgIpc) is 3.05. The third-order valence-corrected chi connectivity index (χ3v) is 5.20. The molecule has 1 aromatic rings. The first-order chi connectivity index (χ1) is 12.0. The first-order valence-electron chi connectivity index (χ1n) is 9.35. The second-order valence-corrected chi connectivity index (χ2v) is 7.28.